The second-order valence-electron chi connectivity index (χ2n) is 3.65. The maximum absolute atomic E-state index is 11.3. The number of thioether (sulfide) groups is 1. The van der Waals surface area contributed by atoms with Crippen LogP contribution < -0.4 is 5.48 Å². The van der Waals surface area contributed by atoms with E-state index in [0.29, 0.717) is 19.0 Å². The predicted molar refractivity (Wildman–Crippen MR) is 73.4 cm³/mol. The minimum absolute atomic E-state index is 0.107. The zero-order valence-electron chi connectivity index (χ0n) is 10.6. The summed E-state index contributed by atoms with van der Waals surface area (Å²) in [4.78, 5) is 16.2. The van der Waals surface area contributed by atoms with E-state index < -0.39 is 0 Å². The molecule has 1 N–H and O–H groups in total. The Morgan fingerprint density at radius 1 is 1.28 bits per heavy atom. The fourth-order valence-corrected chi connectivity index (χ4v) is 2.05. The number of carbonyl (C=O) groups excluding carboxylic acids is 1. The van der Waals surface area contributed by atoms with E-state index in [-0.39, 0.29) is 5.91 Å². The van der Waals surface area contributed by atoms with Crippen molar-refractivity contribution in [3.63, 3.8) is 0 Å². The summed E-state index contributed by atoms with van der Waals surface area (Å²) < 4.78 is 4.79. The molecule has 1 amide bonds. The monoisotopic (exact) mass is 269 g/mol. The Balaban J connectivity index is 1.99. The van der Waals surface area contributed by atoms with Crippen LogP contribution >= 0.6 is 11.8 Å². The van der Waals surface area contributed by atoms with Gasteiger partial charge in [-0.1, -0.05) is 30.3 Å². The lowest BCUT2D eigenvalue weighted by atomic mass is 10.2. The summed E-state index contributed by atoms with van der Waals surface area (Å²) in [6, 6.07) is 10.2. The molecule has 0 radical (unpaired) electrons. The molecule has 0 fully saturated rings. The Bertz CT molecular complexity index is 332. The van der Waals surface area contributed by atoms with Crippen molar-refractivity contribution in [2.75, 3.05) is 31.8 Å². The van der Waals surface area contributed by atoms with Gasteiger partial charge in [0.15, 0.2) is 0 Å². The molecule has 0 saturated heterocycles. The summed E-state index contributed by atoms with van der Waals surface area (Å²) in [7, 11) is 1.59. The number of rotatable bonds is 9. The van der Waals surface area contributed by atoms with Gasteiger partial charge < -0.3 is 4.74 Å². The number of benzene rings is 1. The van der Waals surface area contributed by atoms with Crippen LogP contribution in [0.15, 0.2) is 30.3 Å². The molecule has 0 unspecified atom stereocenters. The number of nitrogens with one attached hydrogen (secondary N) is 1. The second-order valence-corrected chi connectivity index (χ2v) is 4.76. The Hall–Kier alpha value is -1.04. The van der Waals surface area contributed by atoms with Gasteiger partial charge in [0.1, 0.15) is 0 Å². The fraction of sp³-hybridized carbons (Fsp3) is 0.462. The zero-order valence-corrected chi connectivity index (χ0v) is 11.4. The van der Waals surface area contributed by atoms with Crippen molar-refractivity contribution in [2.24, 2.45) is 0 Å². The molecule has 0 spiro atoms. The lowest BCUT2D eigenvalue weighted by Gasteiger charge is -2.05. The third kappa shape index (κ3) is 7.32. The third-order valence-corrected chi connectivity index (χ3v) is 3.15. The highest BCUT2D eigenvalue weighted by atomic mass is 32.2. The molecule has 0 atom stereocenters. The first-order valence-corrected chi connectivity index (χ1v) is 6.99. The van der Waals surface area contributed by atoms with Crippen LogP contribution in [-0.2, 0) is 20.8 Å². The van der Waals surface area contributed by atoms with E-state index >= 15 is 0 Å². The molecule has 0 saturated carbocycles. The summed E-state index contributed by atoms with van der Waals surface area (Å²) >= 11 is 1.60. The van der Waals surface area contributed by atoms with Gasteiger partial charge in [-0.25, -0.2) is 5.48 Å². The molecule has 18 heavy (non-hydrogen) atoms. The van der Waals surface area contributed by atoms with Crippen molar-refractivity contribution in [2.45, 2.75) is 6.42 Å². The molecular formula is C13H19NO3S. The smallest absolute Gasteiger partial charge is 0.253 e. The van der Waals surface area contributed by atoms with Gasteiger partial charge in [-0.15, -0.1) is 0 Å². The number of carbonyl (C=O) groups is 1. The first-order valence-electron chi connectivity index (χ1n) is 5.84. The van der Waals surface area contributed by atoms with E-state index in [1.165, 1.54) is 5.56 Å². The summed E-state index contributed by atoms with van der Waals surface area (Å²) in [6.45, 7) is 0.846. The molecule has 0 aliphatic heterocycles. The van der Waals surface area contributed by atoms with Crippen LogP contribution in [0.3, 0.4) is 0 Å². The normalized spacial score (nSPS) is 10.3. The van der Waals surface area contributed by atoms with Gasteiger partial charge in [0.2, 0.25) is 0 Å². The average Bonchev–Trinajstić information content (AvgIpc) is 2.41. The SMILES string of the molecule is COCCONC(=O)CSCCc1ccccc1. The largest absolute Gasteiger partial charge is 0.382 e. The number of hydrogen-bond acceptors (Lipinski definition) is 4. The standard InChI is InChI=1S/C13H19NO3S/c1-16-8-9-17-14-13(15)11-18-10-7-12-5-3-2-4-6-12/h2-6H,7-11H2,1H3,(H,14,15). The van der Waals surface area contributed by atoms with Gasteiger partial charge in [-0.3, -0.25) is 9.63 Å². The first kappa shape index (κ1) is 15.0. The van der Waals surface area contributed by atoms with E-state index in [1.54, 1.807) is 18.9 Å². The second kappa shape index (κ2) is 9.94. The number of hydrogen-bond donors (Lipinski definition) is 1. The van der Waals surface area contributed by atoms with Crippen molar-refractivity contribution in [1.82, 2.24) is 5.48 Å². The first-order chi connectivity index (χ1) is 8.83. The predicted octanol–water partition coefficient (Wildman–Crippen LogP) is 1.66. The third-order valence-electron chi connectivity index (χ3n) is 2.19. The summed E-state index contributed by atoms with van der Waals surface area (Å²) in [6.07, 6.45) is 0.976. The number of amides is 1. The molecule has 1 aromatic rings. The van der Waals surface area contributed by atoms with Gasteiger partial charge in [0.25, 0.3) is 5.91 Å². The molecule has 0 heterocycles. The number of aryl methyl sites for hydroxylation is 1. The highest BCUT2D eigenvalue weighted by molar-refractivity contribution is 7.99. The van der Waals surface area contributed by atoms with E-state index in [2.05, 4.69) is 17.6 Å². The minimum atomic E-state index is -0.107. The summed E-state index contributed by atoms with van der Waals surface area (Å²) in [5, 5.41) is 0. The average molecular weight is 269 g/mol. The highest BCUT2D eigenvalue weighted by Gasteiger charge is 2.01. The Morgan fingerprint density at radius 2 is 2.06 bits per heavy atom. The van der Waals surface area contributed by atoms with Crippen molar-refractivity contribution >= 4 is 17.7 Å². The number of hydroxylamine groups is 1. The Kier molecular flexibility index (Phi) is 8.29. The highest BCUT2D eigenvalue weighted by Crippen LogP contribution is 2.06. The topological polar surface area (TPSA) is 47.6 Å². The zero-order chi connectivity index (χ0) is 13.1. The number of ether oxygens (including phenoxy) is 1. The van der Waals surface area contributed by atoms with Crippen molar-refractivity contribution in [1.29, 1.82) is 0 Å². The van der Waals surface area contributed by atoms with Crippen LogP contribution in [0, 0.1) is 0 Å². The molecule has 1 rings (SSSR count). The number of methoxy groups -OCH3 is 1. The minimum Gasteiger partial charge on any atom is -0.382 e. The molecule has 4 nitrogen and oxygen atoms in total. The van der Waals surface area contributed by atoms with E-state index in [9.17, 15) is 4.79 Å². The van der Waals surface area contributed by atoms with Crippen molar-refractivity contribution in [3.8, 4) is 0 Å². The maximum atomic E-state index is 11.3. The van der Waals surface area contributed by atoms with Gasteiger partial charge in [-0.05, 0) is 17.7 Å². The van der Waals surface area contributed by atoms with Crippen LogP contribution in [0.4, 0.5) is 0 Å². The van der Waals surface area contributed by atoms with Crippen molar-refractivity contribution < 1.29 is 14.4 Å². The van der Waals surface area contributed by atoms with E-state index in [1.807, 2.05) is 18.2 Å². The molecule has 0 bridgehead atoms. The molecule has 0 aromatic heterocycles. The van der Waals surface area contributed by atoms with Gasteiger partial charge >= 0.3 is 0 Å². The van der Waals surface area contributed by atoms with E-state index in [4.69, 9.17) is 9.57 Å². The molecular weight excluding hydrogens is 250 g/mol. The summed E-state index contributed by atoms with van der Waals surface area (Å²) in [5.74, 6) is 1.24. The van der Waals surface area contributed by atoms with Crippen LogP contribution in [-0.4, -0.2) is 37.7 Å². The van der Waals surface area contributed by atoms with Crippen LogP contribution in [0.5, 0.6) is 0 Å². The lowest BCUT2D eigenvalue weighted by molar-refractivity contribution is -0.131. The van der Waals surface area contributed by atoms with Gasteiger partial charge in [0, 0.05) is 7.11 Å². The molecule has 0 aliphatic rings. The Labute approximate surface area is 112 Å². The van der Waals surface area contributed by atoms with Crippen LogP contribution in [0.25, 0.3) is 0 Å². The maximum Gasteiger partial charge on any atom is 0.253 e. The molecule has 1 aromatic carbocycles. The molecule has 0 aliphatic carbocycles. The van der Waals surface area contributed by atoms with Gasteiger partial charge in [0.05, 0.1) is 19.0 Å². The molecule has 5 heteroatoms. The van der Waals surface area contributed by atoms with Gasteiger partial charge in [-0.2, -0.15) is 11.8 Å². The lowest BCUT2D eigenvalue weighted by Crippen LogP contribution is -2.27. The van der Waals surface area contributed by atoms with Crippen LogP contribution in [0.1, 0.15) is 5.56 Å². The fourth-order valence-electron chi connectivity index (χ4n) is 1.29. The van der Waals surface area contributed by atoms with Crippen LogP contribution in [0.2, 0.25) is 0 Å². The molecule has 100 valence electrons. The Morgan fingerprint density at radius 3 is 2.78 bits per heavy atom. The summed E-state index contributed by atoms with van der Waals surface area (Å²) in [5.41, 5.74) is 3.67. The van der Waals surface area contributed by atoms with E-state index in [0.717, 1.165) is 12.2 Å². The quantitative estimate of drug-likeness (QED) is 0.547. The van der Waals surface area contributed by atoms with Crippen molar-refractivity contribution in [3.05, 3.63) is 35.9 Å².